The average Bonchev–Trinajstić information content (AvgIpc) is 2.98. The summed E-state index contributed by atoms with van der Waals surface area (Å²) in [5.41, 5.74) is 2.06. The third-order valence-electron chi connectivity index (χ3n) is 4.79. The standard InChI is InChI=1S/C20H20FNO3/c1-13-10-17(15-6-8-18(21)9-7-15)12-22(13)19(23)11-14-2-4-16(5-3-14)20(24)25/h2-9,13,17H,10-12H2,1H3,(H,24,25). The predicted molar refractivity (Wildman–Crippen MR) is 92.0 cm³/mol. The normalized spacial score (nSPS) is 19.8. The molecule has 130 valence electrons. The number of rotatable bonds is 4. The molecule has 0 aromatic heterocycles. The Labute approximate surface area is 145 Å². The highest BCUT2D eigenvalue weighted by Crippen LogP contribution is 2.32. The van der Waals surface area contributed by atoms with E-state index in [1.165, 1.54) is 24.3 Å². The van der Waals surface area contributed by atoms with Gasteiger partial charge in [-0.25, -0.2) is 9.18 Å². The van der Waals surface area contributed by atoms with Crippen LogP contribution in [0.1, 0.15) is 40.7 Å². The first-order chi connectivity index (χ1) is 11.9. The molecule has 2 unspecified atom stereocenters. The van der Waals surface area contributed by atoms with Gasteiger partial charge in [-0.1, -0.05) is 24.3 Å². The lowest BCUT2D eigenvalue weighted by Gasteiger charge is -2.21. The highest BCUT2D eigenvalue weighted by atomic mass is 19.1. The maximum atomic E-state index is 13.1. The molecule has 25 heavy (non-hydrogen) atoms. The summed E-state index contributed by atoms with van der Waals surface area (Å²) < 4.78 is 13.1. The molecule has 2 aromatic carbocycles. The molecule has 0 spiro atoms. The molecule has 1 N–H and O–H groups in total. The number of hydrogen-bond donors (Lipinski definition) is 1. The largest absolute Gasteiger partial charge is 0.478 e. The molecular weight excluding hydrogens is 321 g/mol. The minimum atomic E-state index is -0.979. The Morgan fingerprint density at radius 3 is 2.36 bits per heavy atom. The minimum absolute atomic E-state index is 0.0280. The topological polar surface area (TPSA) is 57.6 Å². The molecule has 1 aliphatic heterocycles. The fourth-order valence-corrected chi connectivity index (χ4v) is 3.40. The van der Waals surface area contributed by atoms with Gasteiger partial charge in [0.2, 0.25) is 5.91 Å². The van der Waals surface area contributed by atoms with Crippen LogP contribution in [0.5, 0.6) is 0 Å². The number of hydrogen-bond acceptors (Lipinski definition) is 2. The van der Waals surface area contributed by atoms with Gasteiger partial charge >= 0.3 is 5.97 Å². The molecule has 1 amide bonds. The Morgan fingerprint density at radius 2 is 1.76 bits per heavy atom. The number of carbonyl (C=O) groups excluding carboxylic acids is 1. The summed E-state index contributed by atoms with van der Waals surface area (Å²) in [7, 11) is 0. The van der Waals surface area contributed by atoms with Crippen molar-refractivity contribution in [2.24, 2.45) is 0 Å². The molecule has 0 bridgehead atoms. The van der Waals surface area contributed by atoms with Crippen molar-refractivity contribution in [2.45, 2.75) is 31.7 Å². The lowest BCUT2D eigenvalue weighted by molar-refractivity contribution is -0.131. The zero-order valence-electron chi connectivity index (χ0n) is 14.0. The van der Waals surface area contributed by atoms with Crippen molar-refractivity contribution >= 4 is 11.9 Å². The minimum Gasteiger partial charge on any atom is -0.478 e. The van der Waals surface area contributed by atoms with E-state index in [0.29, 0.717) is 6.54 Å². The second-order valence-corrected chi connectivity index (χ2v) is 6.56. The van der Waals surface area contributed by atoms with Crippen LogP contribution in [0.2, 0.25) is 0 Å². The molecule has 5 heteroatoms. The van der Waals surface area contributed by atoms with Gasteiger partial charge < -0.3 is 10.0 Å². The highest BCUT2D eigenvalue weighted by Gasteiger charge is 2.33. The van der Waals surface area contributed by atoms with Gasteiger partial charge in [0.05, 0.1) is 12.0 Å². The number of aromatic carboxylic acids is 1. The van der Waals surface area contributed by atoms with Crippen LogP contribution in [0.4, 0.5) is 4.39 Å². The summed E-state index contributed by atoms with van der Waals surface area (Å²) in [5.74, 6) is -0.991. The summed E-state index contributed by atoms with van der Waals surface area (Å²) >= 11 is 0. The van der Waals surface area contributed by atoms with Crippen LogP contribution in [0.15, 0.2) is 48.5 Å². The maximum absolute atomic E-state index is 13.1. The van der Waals surface area contributed by atoms with Crippen LogP contribution in [-0.4, -0.2) is 34.5 Å². The molecule has 1 aliphatic rings. The zero-order valence-corrected chi connectivity index (χ0v) is 14.0. The maximum Gasteiger partial charge on any atom is 0.335 e. The second kappa shape index (κ2) is 7.05. The van der Waals surface area contributed by atoms with Crippen molar-refractivity contribution in [3.05, 3.63) is 71.0 Å². The summed E-state index contributed by atoms with van der Waals surface area (Å²) in [5, 5.41) is 8.92. The third-order valence-corrected chi connectivity index (χ3v) is 4.79. The van der Waals surface area contributed by atoms with Crippen molar-refractivity contribution in [3.8, 4) is 0 Å². The summed E-state index contributed by atoms with van der Waals surface area (Å²) in [6.07, 6.45) is 1.11. The van der Waals surface area contributed by atoms with E-state index in [-0.39, 0.29) is 35.7 Å². The van der Waals surface area contributed by atoms with Crippen molar-refractivity contribution in [3.63, 3.8) is 0 Å². The Morgan fingerprint density at radius 1 is 1.12 bits per heavy atom. The Balaban J connectivity index is 1.65. The number of benzene rings is 2. The number of likely N-dealkylation sites (tertiary alicyclic amines) is 1. The molecule has 1 fully saturated rings. The van der Waals surface area contributed by atoms with Crippen LogP contribution in [-0.2, 0) is 11.2 Å². The van der Waals surface area contributed by atoms with Gasteiger partial charge in [0, 0.05) is 18.5 Å². The molecule has 2 aromatic rings. The molecule has 2 atom stereocenters. The van der Waals surface area contributed by atoms with E-state index in [0.717, 1.165) is 17.5 Å². The van der Waals surface area contributed by atoms with Crippen molar-refractivity contribution in [1.29, 1.82) is 0 Å². The van der Waals surface area contributed by atoms with Gasteiger partial charge in [-0.05, 0) is 48.7 Å². The average molecular weight is 341 g/mol. The van der Waals surface area contributed by atoms with Crippen molar-refractivity contribution in [2.75, 3.05) is 6.54 Å². The Kier molecular flexibility index (Phi) is 4.83. The van der Waals surface area contributed by atoms with Crippen LogP contribution in [0, 0.1) is 5.82 Å². The molecule has 4 nitrogen and oxygen atoms in total. The highest BCUT2D eigenvalue weighted by molar-refractivity contribution is 5.87. The Hall–Kier alpha value is -2.69. The van der Waals surface area contributed by atoms with E-state index in [1.807, 2.05) is 11.8 Å². The van der Waals surface area contributed by atoms with E-state index < -0.39 is 5.97 Å². The van der Waals surface area contributed by atoms with Gasteiger partial charge in [-0.3, -0.25) is 4.79 Å². The number of amides is 1. The number of nitrogens with zero attached hydrogens (tertiary/aromatic N) is 1. The Bertz CT molecular complexity index is 771. The van der Waals surface area contributed by atoms with Gasteiger partial charge in [0.1, 0.15) is 5.82 Å². The fraction of sp³-hybridized carbons (Fsp3) is 0.300. The first-order valence-electron chi connectivity index (χ1n) is 8.31. The third kappa shape index (κ3) is 3.87. The molecule has 0 saturated carbocycles. The summed E-state index contributed by atoms with van der Waals surface area (Å²) in [4.78, 5) is 25.4. The van der Waals surface area contributed by atoms with Gasteiger partial charge in [-0.15, -0.1) is 0 Å². The molecular formula is C20H20FNO3. The SMILES string of the molecule is CC1CC(c2ccc(F)cc2)CN1C(=O)Cc1ccc(C(=O)O)cc1. The van der Waals surface area contributed by atoms with E-state index in [2.05, 4.69) is 0 Å². The predicted octanol–water partition coefficient (Wildman–Crippen LogP) is 3.47. The van der Waals surface area contributed by atoms with Crippen LogP contribution in [0.3, 0.4) is 0 Å². The lowest BCUT2D eigenvalue weighted by Crippen LogP contribution is -2.35. The van der Waals surface area contributed by atoms with Crippen molar-refractivity contribution < 1.29 is 19.1 Å². The van der Waals surface area contributed by atoms with Gasteiger partial charge in [0.15, 0.2) is 0 Å². The molecule has 0 aliphatic carbocycles. The number of carboxylic acid groups (broad SMARTS) is 1. The lowest BCUT2D eigenvalue weighted by atomic mass is 9.97. The molecule has 1 saturated heterocycles. The van der Waals surface area contributed by atoms with Gasteiger partial charge in [0.25, 0.3) is 0 Å². The van der Waals surface area contributed by atoms with Gasteiger partial charge in [-0.2, -0.15) is 0 Å². The first-order valence-corrected chi connectivity index (χ1v) is 8.31. The molecule has 1 heterocycles. The summed E-state index contributed by atoms with van der Waals surface area (Å²) in [6.45, 7) is 2.65. The van der Waals surface area contributed by atoms with Crippen LogP contribution in [0.25, 0.3) is 0 Å². The molecule has 0 radical (unpaired) electrons. The second-order valence-electron chi connectivity index (χ2n) is 6.56. The van der Waals surface area contributed by atoms with E-state index in [9.17, 15) is 14.0 Å². The van der Waals surface area contributed by atoms with E-state index in [4.69, 9.17) is 5.11 Å². The number of halogens is 1. The fourth-order valence-electron chi connectivity index (χ4n) is 3.40. The van der Waals surface area contributed by atoms with Crippen molar-refractivity contribution in [1.82, 2.24) is 4.90 Å². The summed E-state index contributed by atoms with van der Waals surface area (Å²) in [6, 6.07) is 13.0. The van der Waals surface area contributed by atoms with E-state index >= 15 is 0 Å². The monoisotopic (exact) mass is 341 g/mol. The molecule has 3 rings (SSSR count). The first kappa shape index (κ1) is 17.1. The van der Waals surface area contributed by atoms with Crippen LogP contribution >= 0.6 is 0 Å². The van der Waals surface area contributed by atoms with Crippen LogP contribution < -0.4 is 0 Å². The smallest absolute Gasteiger partial charge is 0.335 e. The number of carbonyl (C=O) groups is 2. The number of carboxylic acids is 1. The van der Waals surface area contributed by atoms with E-state index in [1.54, 1.807) is 24.3 Å². The quantitative estimate of drug-likeness (QED) is 0.926. The zero-order chi connectivity index (χ0) is 18.0.